The predicted octanol–water partition coefficient (Wildman–Crippen LogP) is 2.95. The number of esters is 1. The lowest BCUT2D eigenvalue weighted by Crippen LogP contribution is -2.44. The summed E-state index contributed by atoms with van der Waals surface area (Å²) in [5.74, 6) is -0.192. The lowest BCUT2D eigenvalue weighted by atomic mass is 10.1. The Morgan fingerprint density at radius 3 is 2.64 bits per heavy atom. The summed E-state index contributed by atoms with van der Waals surface area (Å²) in [6, 6.07) is 9.89. The van der Waals surface area contributed by atoms with Crippen molar-refractivity contribution in [2.75, 3.05) is 6.61 Å². The SMILES string of the molecule is CCOC(=O)[C@@H]1CC[C@H](C)N1C(=O)CCCc1ccccc1. The van der Waals surface area contributed by atoms with Crippen molar-refractivity contribution >= 4 is 11.9 Å². The van der Waals surface area contributed by atoms with Gasteiger partial charge in [0.05, 0.1) is 6.61 Å². The lowest BCUT2D eigenvalue weighted by Gasteiger charge is -2.27. The van der Waals surface area contributed by atoms with Crippen LogP contribution in [0.25, 0.3) is 0 Å². The molecule has 0 saturated carbocycles. The van der Waals surface area contributed by atoms with E-state index in [9.17, 15) is 9.59 Å². The quantitative estimate of drug-likeness (QED) is 0.759. The maximum Gasteiger partial charge on any atom is 0.328 e. The van der Waals surface area contributed by atoms with Crippen LogP contribution in [0, 0.1) is 0 Å². The van der Waals surface area contributed by atoms with Crippen LogP contribution in [-0.2, 0) is 20.7 Å². The molecular weight excluding hydrogens is 278 g/mol. The minimum Gasteiger partial charge on any atom is -0.464 e. The molecule has 1 heterocycles. The topological polar surface area (TPSA) is 46.6 Å². The third-order valence-electron chi connectivity index (χ3n) is 4.21. The minimum absolute atomic E-state index is 0.0685. The van der Waals surface area contributed by atoms with E-state index in [4.69, 9.17) is 4.74 Å². The second-order valence-corrected chi connectivity index (χ2v) is 5.83. The van der Waals surface area contributed by atoms with Gasteiger partial charge in [-0.2, -0.15) is 0 Å². The van der Waals surface area contributed by atoms with Crippen LogP contribution in [0.4, 0.5) is 0 Å². The second kappa shape index (κ2) is 7.97. The van der Waals surface area contributed by atoms with Crippen molar-refractivity contribution in [3.63, 3.8) is 0 Å². The Hall–Kier alpha value is -1.84. The molecule has 0 spiro atoms. The average molecular weight is 303 g/mol. The Labute approximate surface area is 132 Å². The van der Waals surface area contributed by atoms with Crippen LogP contribution in [0.2, 0.25) is 0 Å². The average Bonchev–Trinajstić information content (AvgIpc) is 2.90. The Balaban J connectivity index is 1.88. The number of nitrogens with zero attached hydrogens (tertiary/aromatic N) is 1. The second-order valence-electron chi connectivity index (χ2n) is 5.83. The van der Waals surface area contributed by atoms with Crippen molar-refractivity contribution in [1.82, 2.24) is 4.90 Å². The number of hydrogen-bond acceptors (Lipinski definition) is 3. The first kappa shape index (κ1) is 16.5. The third-order valence-corrected chi connectivity index (χ3v) is 4.21. The standard InChI is InChI=1S/C18H25NO3/c1-3-22-18(21)16-13-12-14(2)19(16)17(20)11-7-10-15-8-5-4-6-9-15/h4-6,8-9,14,16H,3,7,10-13H2,1-2H3/t14-,16-/m0/s1. The van der Waals surface area contributed by atoms with Crippen LogP contribution in [-0.4, -0.2) is 35.5 Å². The van der Waals surface area contributed by atoms with Gasteiger partial charge in [0.2, 0.25) is 5.91 Å². The molecule has 1 aliphatic heterocycles. The number of hydrogen-bond donors (Lipinski definition) is 0. The number of rotatable bonds is 6. The summed E-state index contributed by atoms with van der Waals surface area (Å²) in [6.07, 6.45) is 3.76. The fourth-order valence-corrected chi connectivity index (χ4v) is 3.09. The number of aryl methyl sites for hydroxylation is 1. The summed E-state index contributed by atoms with van der Waals surface area (Å²) < 4.78 is 5.10. The highest BCUT2D eigenvalue weighted by Crippen LogP contribution is 2.26. The molecular formula is C18H25NO3. The molecule has 0 unspecified atom stereocenters. The number of likely N-dealkylation sites (tertiary alicyclic amines) is 1. The Morgan fingerprint density at radius 2 is 1.95 bits per heavy atom. The summed E-state index contributed by atoms with van der Waals surface area (Å²) in [6.45, 7) is 4.16. The first-order valence-corrected chi connectivity index (χ1v) is 8.15. The molecule has 4 nitrogen and oxygen atoms in total. The molecule has 1 saturated heterocycles. The normalized spacial score (nSPS) is 20.9. The predicted molar refractivity (Wildman–Crippen MR) is 85.3 cm³/mol. The smallest absolute Gasteiger partial charge is 0.328 e. The molecule has 0 bridgehead atoms. The highest BCUT2D eigenvalue weighted by molar-refractivity contribution is 5.85. The fraction of sp³-hybridized carbons (Fsp3) is 0.556. The molecule has 1 amide bonds. The van der Waals surface area contributed by atoms with Gasteiger partial charge in [-0.1, -0.05) is 30.3 Å². The summed E-state index contributed by atoms with van der Waals surface area (Å²) in [5, 5.41) is 0. The van der Waals surface area contributed by atoms with E-state index >= 15 is 0 Å². The van der Waals surface area contributed by atoms with E-state index in [0.717, 1.165) is 19.3 Å². The van der Waals surface area contributed by atoms with Gasteiger partial charge in [-0.25, -0.2) is 4.79 Å². The van der Waals surface area contributed by atoms with Gasteiger partial charge in [0, 0.05) is 12.5 Å². The van der Waals surface area contributed by atoms with Crippen molar-refractivity contribution < 1.29 is 14.3 Å². The highest BCUT2D eigenvalue weighted by atomic mass is 16.5. The number of carbonyl (C=O) groups excluding carboxylic acids is 2. The van der Waals surface area contributed by atoms with Crippen molar-refractivity contribution in [2.45, 2.75) is 58.0 Å². The van der Waals surface area contributed by atoms with Gasteiger partial charge < -0.3 is 9.64 Å². The lowest BCUT2D eigenvalue weighted by molar-refractivity contribution is -0.154. The number of ether oxygens (including phenoxy) is 1. The zero-order valence-corrected chi connectivity index (χ0v) is 13.5. The zero-order chi connectivity index (χ0) is 15.9. The Bertz CT molecular complexity index is 500. The fourth-order valence-electron chi connectivity index (χ4n) is 3.09. The van der Waals surface area contributed by atoms with Crippen LogP contribution in [0.3, 0.4) is 0 Å². The van der Waals surface area contributed by atoms with E-state index in [1.165, 1.54) is 5.56 Å². The molecule has 22 heavy (non-hydrogen) atoms. The molecule has 120 valence electrons. The van der Waals surface area contributed by atoms with Crippen molar-refractivity contribution in [3.8, 4) is 0 Å². The highest BCUT2D eigenvalue weighted by Gasteiger charge is 2.39. The van der Waals surface area contributed by atoms with Gasteiger partial charge in [-0.3, -0.25) is 4.79 Å². The summed E-state index contributed by atoms with van der Waals surface area (Å²) in [5.41, 5.74) is 1.24. The zero-order valence-electron chi connectivity index (χ0n) is 13.5. The molecule has 2 atom stereocenters. The monoisotopic (exact) mass is 303 g/mol. The van der Waals surface area contributed by atoms with E-state index in [0.29, 0.717) is 19.4 Å². The number of benzene rings is 1. The van der Waals surface area contributed by atoms with Crippen LogP contribution < -0.4 is 0 Å². The van der Waals surface area contributed by atoms with Crippen LogP contribution in [0.1, 0.15) is 45.1 Å². The van der Waals surface area contributed by atoms with Crippen molar-refractivity contribution in [2.24, 2.45) is 0 Å². The Morgan fingerprint density at radius 1 is 1.23 bits per heavy atom. The van der Waals surface area contributed by atoms with Gasteiger partial charge in [0.1, 0.15) is 6.04 Å². The van der Waals surface area contributed by atoms with Gasteiger partial charge in [-0.15, -0.1) is 0 Å². The molecule has 1 aromatic rings. The van der Waals surface area contributed by atoms with E-state index < -0.39 is 0 Å². The largest absolute Gasteiger partial charge is 0.464 e. The summed E-state index contributed by atoms with van der Waals surface area (Å²) >= 11 is 0. The van der Waals surface area contributed by atoms with Crippen LogP contribution >= 0.6 is 0 Å². The molecule has 1 aromatic carbocycles. The summed E-state index contributed by atoms with van der Waals surface area (Å²) in [7, 11) is 0. The molecule has 0 N–H and O–H groups in total. The molecule has 0 radical (unpaired) electrons. The van der Waals surface area contributed by atoms with Crippen LogP contribution in [0.5, 0.6) is 0 Å². The third kappa shape index (κ3) is 4.09. The number of carbonyl (C=O) groups is 2. The molecule has 1 aliphatic rings. The van der Waals surface area contributed by atoms with E-state index in [-0.39, 0.29) is 24.0 Å². The van der Waals surface area contributed by atoms with Crippen molar-refractivity contribution in [3.05, 3.63) is 35.9 Å². The van der Waals surface area contributed by atoms with E-state index in [1.54, 1.807) is 11.8 Å². The van der Waals surface area contributed by atoms with Gasteiger partial charge in [0.15, 0.2) is 0 Å². The maximum absolute atomic E-state index is 12.5. The van der Waals surface area contributed by atoms with Crippen molar-refractivity contribution in [1.29, 1.82) is 0 Å². The van der Waals surface area contributed by atoms with E-state index in [2.05, 4.69) is 12.1 Å². The molecule has 4 heteroatoms. The molecule has 0 aliphatic carbocycles. The van der Waals surface area contributed by atoms with E-state index in [1.807, 2.05) is 25.1 Å². The van der Waals surface area contributed by atoms with Gasteiger partial charge >= 0.3 is 5.97 Å². The number of amides is 1. The first-order chi connectivity index (χ1) is 10.6. The maximum atomic E-state index is 12.5. The molecule has 2 rings (SSSR count). The molecule has 0 aromatic heterocycles. The van der Waals surface area contributed by atoms with Gasteiger partial charge in [0.25, 0.3) is 0 Å². The molecule has 1 fully saturated rings. The minimum atomic E-state index is -0.390. The van der Waals surface area contributed by atoms with Gasteiger partial charge in [-0.05, 0) is 45.1 Å². The summed E-state index contributed by atoms with van der Waals surface area (Å²) in [4.78, 5) is 26.2. The van der Waals surface area contributed by atoms with Crippen LogP contribution in [0.15, 0.2) is 30.3 Å². The first-order valence-electron chi connectivity index (χ1n) is 8.15. The Kier molecular flexibility index (Phi) is 5.99.